The smallest absolute Gasteiger partial charge is 0.225 e. The van der Waals surface area contributed by atoms with E-state index in [0.29, 0.717) is 37.6 Å². The summed E-state index contributed by atoms with van der Waals surface area (Å²) in [6.45, 7) is 3.60. The van der Waals surface area contributed by atoms with E-state index in [4.69, 9.17) is 16.2 Å². The summed E-state index contributed by atoms with van der Waals surface area (Å²) in [6.07, 6.45) is 6.36. The lowest BCUT2D eigenvalue weighted by Crippen LogP contribution is -2.37. The molecule has 1 spiro atoms. The fourth-order valence-corrected chi connectivity index (χ4v) is 4.01. The molecule has 0 saturated carbocycles. The van der Waals surface area contributed by atoms with Gasteiger partial charge in [0, 0.05) is 45.8 Å². The van der Waals surface area contributed by atoms with Crippen molar-refractivity contribution in [1.29, 1.82) is 0 Å². The maximum atomic E-state index is 12.6. The molecule has 2 aliphatic heterocycles. The van der Waals surface area contributed by atoms with E-state index in [1.807, 2.05) is 4.90 Å². The van der Waals surface area contributed by atoms with E-state index in [9.17, 15) is 9.59 Å². The Morgan fingerprint density at radius 1 is 1.18 bits per heavy atom. The summed E-state index contributed by atoms with van der Waals surface area (Å²) in [7, 11) is 0. The number of nitrogens with zero attached hydrogens (tertiary/aromatic N) is 3. The molecule has 2 aliphatic rings. The number of nitrogens with two attached hydrogens (primary N) is 2. The van der Waals surface area contributed by atoms with Crippen LogP contribution < -0.4 is 21.5 Å². The standard InChI is InChI=1S/C19H30N6O3/c1-13(26)22-9-4-2-3-6-15(27)25-10-5-7-19(8-11-25)12-14-16(20)23-18(21)24-17(14)28-19/h2-12H2,1H3,(H,22,26)(H4,20,21,23,24)/t19-/m0/s1. The summed E-state index contributed by atoms with van der Waals surface area (Å²) in [4.78, 5) is 33.6. The molecule has 5 N–H and O–H groups in total. The molecular formula is C19H30N6O3. The van der Waals surface area contributed by atoms with Gasteiger partial charge in [-0.1, -0.05) is 6.42 Å². The van der Waals surface area contributed by atoms with Crippen LogP contribution in [0.25, 0.3) is 0 Å². The third-order valence-corrected chi connectivity index (χ3v) is 5.52. The van der Waals surface area contributed by atoms with Gasteiger partial charge in [0.2, 0.25) is 23.6 Å². The zero-order valence-corrected chi connectivity index (χ0v) is 16.5. The van der Waals surface area contributed by atoms with Crippen molar-refractivity contribution < 1.29 is 14.3 Å². The monoisotopic (exact) mass is 390 g/mol. The Kier molecular flexibility index (Phi) is 6.21. The number of nitrogens with one attached hydrogen (secondary N) is 1. The maximum Gasteiger partial charge on any atom is 0.225 e. The number of likely N-dealkylation sites (tertiary alicyclic amines) is 1. The molecule has 3 rings (SSSR count). The molecule has 9 heteroatoms. The zero-order chi connectivity index (χ0) is 20.1. The lowest BCUT2D eigenvalue weighted by Gasteiger charge is -2.27. The summed E-state index contributed by atoms with van der Waals surface area (Å²) in [5.74, 6) is 1.17. The second kappa shape index (κ2) is 8.62. The summed E-state index contributed by atoms with van der Waals surface area (Å²) in [5.41, 5.74) is 12.1. The van der Waals surface area contributed by atoms with E-state index in [1.165, 1.54) is 6.92 Å². The number of carbonyl (C=O) groups excluding carboxylic acids is 2. The average Bonchev–Trinajstić information content (AvgIpc) is 2.85. The highest BCUT2D eigenvalue weighted by Crippen LogP contribution is 2.42. The number of unbranched alkanes of at least 4 members (excludes halogenated alkanes) is 2. The van der Waals surface area contributed by atoms with Gasteiger partial charge in [-0.05, 0) is 25.7 Å². The van der Waals surface area contributed by atoms with Gasteiger partial charge in [-0.2, -0.15) is 9.97 Å². The van der Waals surface area contributed by atoms with Crippen molar-refractivity contribution in [3.05, 3.63) is 5.56 Å². The number of rotatable bonds is 6. The largest absolute Gasteiger partial charge is 0.470 e. The molecule has 28 heavy (non-hydrogen) atoms. The van der Waals surface area contributed by atoms with Gasteiger partial charge in [-0.25, -0.2) is 0 Å². The molecule has 1 atom stereocenters. The van der Waals surface area contributed by atoms with Gasteiger partial charge in [0.05, 0.1) is 5.56 Å². The lowest BCUT2D eigenvalue weighted by atomic mass is 9.90. The summed E-state index contributed by atoms with van der Waals surface area (Å²) in [6, 6.07) is 0. The fraction of sp³-hybridized carbons (Fsp3) is 0.684. The topological polar surface area (TPSA) is 136 Å². The predicted molar refractivity (Wildman–Crippen MR) is 106 cm³/mol. The predicted octanol–water partition coefficient (Wildman–Crippen LogP) is 1.02. The van der Waals surface area contributed by atoms with E-state index >= 15 is 0 Å². The van der Waals surface area contributed by atoms with Crippen LogP contribution >= 0.6 is 0 Å². The summed E-state index contributed by atoms with van der Waals surface area (Å²) < 4.78 is 6.17. The van der Waals surface area contributed by atoms with Crippen molar-refractivity contribution in [2.24, 2.45) is 0 Å². The molecule has 0 aliphatic carbocycles. The second-order valence-corrected chi connectivity index (χ2v) is 7.74. The SMILES string of the molecule is CC(=O)NCCCCCC(=O)N1CCC[C@]2(CC1)Cc1c(N)nc(N)nc1O2. The minimum atomic E-state index is -0.369. The third-order valence-electron chi connectivity index (χ3n) is 5.52. The van der Waals surface area contributed by atoms with E-state index in [-0.39, 0.29) is 23.4 Å². The molecule has 0 bridgehead atoms. The van der Waals surface area contributed by atoms with Crippen LogP contribution in [-0.2, 0) is 16.0 Å². The second-order valence-electron chi connectivity index (χ2n) is 7.74. The number of carbonyl (C=O) groups is 2. The first-order chi connectivity index (χ1) is 13.4. The Labute approximate surface area is 165 Å². The Hall–Kier alpha value is -2.58. The zero-order valence-electron chi connectivity index (χ0n) is 16.5. The number of fused-ring (bicyclic) bond motifs is 1. The van der Waals surface area contributed by atoms with E-state index in [2.05, 4.69) is 15.3 Å². The van der Waals surface area contributed by atoms with Crippen LogP contribution in [0, 0.1) is 0 Å². The number of amides is 2. The normalized spacial score (nSPS) is 21.1. The molecule has 154 valence electrons. The van der Waals surface area contributed by atoms with Gasteiger partial charge in [0.15, 0.2) is 0 Å². The quantitative estimate of drug-likeness (QED) is 0.617. The summed E-state index contributed by atoms with van der Waals surface area (Å²) in [5, 5.41) is 2.77. The number of nitrogen functional groups attached to an aromatic ring is 2. The van der Waals surface area contributed by atoms with Crippen molar-refractivity contribution in [2.45, 2.75) is 63.9 Å². The third kappa shape index (κ3) is 4.82. The van der Waals surface area contributed by atoms with Crippen molar-refractivity contribution in [1.82, 2.24) is 20.2 Å². The Morgan fingerprint density at radius 3 is 2.79 bits per heavy atom. The van der Waals surface area contributed by atoms with Gasteiger partial charge in [-0.15, -0.1) is 0 Å². The maximum absolute atomic E-state index is 12.6. The van der Waals surface area contributed by atoms with Gasteiger partial charge in [-0.3, -0.25) is 9.59 Å². The molecule has 0 aromatic carbocycles. The number of hydrogen-bond donors (Lipinski definition) is 3. The van der Waals surface area contributed by atoms with Gasteiger partial charge < -0.3 is 26.4 Å². The lowest BCUT2D eigenvalue weighted by molar-refractivity contribution is -0.131. The molecule has 2 amide bonds. The summed E-state index contributed by atoms with van der Waals surface area (Å²) >= 11 is 0. The van der Waals surface area contributed by atoms with Gasteiger partial charge in [0.1, 0.15) is 11.4 Å². The van der Waals surface area contributed by atoms with Crippen LogP contribution in [0.3, 0.4) is 0 Å². The minimum Gasteiger partial charge on any atom is -0.470 e. The molecule has 3 heterocycles. The van der Waals surface area contributed by atoms with Crippen LogP contribution in [0.2, 0.25) is 0 Å². The molecule has 1 fully saturated rings. The van der Waals surface area contributed by atoms with Crippen molar-refractivity contribution in [3.63, 3.8) is 0 Å². The number of anilines is 2. The highest BCUT2D eigenvalue weighted by molar-refractivity contribution is 5.76. The highest BCUT2D eigenvalue weighted by atomic mass is 16.5. The number of aromatic nitrogens is 2. The molecule has 1 aromatic heterocycles. The average molecular weight is 390 g/mol. The number of ether oxygens (including phenoxy) is 1. The Balaban J connectivity index is 1.47. The van der Waals surface area contributed by atoms with Crippen molar-refractivity contribution in [3.8, 4) is 5.88 Å². The van der Waals surface area contributed by atoms with Gasteiger partial charge in [0.25, 0.3) is 0 Å². The number of hydrogen-bond acceptors (Lipinski definition) is 7. The van der Waals surface area contributed by atoms with E-state index < -0.39 is 0 Å². The first kappa shape index (κ1) is 20.2. The molecule has 0 radical (unpaired) electrons. The van der Waals surface area contributed by atoms with E-state index in [0.717, 1.165) is 50.6 Å². The minimum absolute atomic E-state index is 0.0127. The molecule has 1 saturated heterocycles. The van der Waals surface area contributed by atoms with Crippen LogP contribution in [0.5, 0.6) is 5.88 Å². The fourth-order valence-electron chi connectivity index (χ4n) is 4.01. The van der Waals surface area contributed by atoms with Crippen molar-refractivity contribution in [2.75, 3.05) is 31.1 Å². The van der Waals surface area contributed by atoms with Crippen LogP contribution in [0.4, 0.5) is 11.8 Å². The molecule has 1 aromatic rings. The van der Waals surface area contributed by atoms with E-state index in [1.54, 1.807) is 0 Å². The highest BCUT2D eigenvalue weighted by Gasteiger charge is 2.43. The van der Waals surface area contributed by atoms with Gasteiger partial charge >= 0.3 is 0 Å². The van der Waals surface area contributed by atoms with Crippen molar-refractivity contribution >= 4 is 23.6 Å². The van der Waals surface area contributed by atoms with Crippen LogP contribution in [0.1, 0.15) is 57.4 Å². The molecule has 9 nitrogen and oxygen atoms in total. The molecular weight excluding hydrogens is 360 g/mol. The van der Waals surface area contributed by atoms with Crippen LogP contribution in [0.15, 0.2) is 0 Å². The molecule has 0 unspecified atom stereocenters. The first-order valence-corrected chi connectivity index (χ1v) is 10.0. The first-order valence-electron chi connectivity index (χ1n) is 10.0. The Morgan fingerprint density at radius 2 is 2.00 bits per heavy atom. The van der Waals surface area contributed by atoms with Crippen LogP contribution in [-0.4, -0.2) is 51.9 Å². The Bertz CT molecular complexity index is 741.